The number of phenolic OH excluding ortho intramolecular Hbond substituents is 5. The number of hydrogen-bond acceptors (Lipinski definition) is 21. The van der Waals surface area contributed by atoms with Crippen LogP contribution in [0.1, 0.15) is 29.2 Å². The topological polar surface area (TPSA) is 359 Å². The molecule has 0 bridgehead atoms. The van der Waals surface area contributed by atoms with Crippen LogP contribution in [0.2, 0.25) is 0 Å². The van der Waals surface area contributed by atoms with Gasteiger partial charge in [-0.1, -0.05) is 12.1 Å². The number of fused-ring (bicyclic) bond motifs is 1. The third-order valence-electron chi connectivity index (χ3n) is 9.52. The maximum Gasteiger partial charge on any atom is 0.330 e. The van der Waals surface area contributed by atoms with Crippen LogP contribution in [0.4, 0.5) is 0 Å². The Morgan fingerprint density at radius 2 is 1.25 bits per heavy atom. The summed E-state index contributed by atoms with van der Waals surface area (Å²) in [6, 6.07) is 9.43. The number of hydrogen-bond donors (Lipinski definition) is 12. The van der Waals surface area contributed by atoms with Crippen LogP contribution in [0.3, 0.4) is 0 Å². The van der Waals surface area contributed by atoms with Gasteiger partial charge in [0.2, 0.25) is 12.6 Å². The summed E-state index contributed by atoms with van der Waals surface area (Å²) in [4.78, 5) is 35.2. The van der Waals surface area contributed by atoms with Gasteiger partial charge in [-0.05, 0) is 42.0 Å². The number of aliphatic hydroxyl groups excluding tert-OH is 6. The van der Waals surface area contributed by atoms with Crippen LogP contribution in [0.5, 0.6) is 40.2 Å². The monoisotopic (exact) mass is 860 g/mol. The van der Waals surface area contributed by atoms with Gasteiger partial charge in [0.1, 0.15) is 91.5 Å². The normalized spacial score (nSPS) is 28.5. The zero-order valence-corrected chi connectivity index (χ0v) is 31.3. The molecule has 22 heteroatoms. The number of phenols is 5. The summed E-state index contributed by atoms with van der Waals surface area (Å²) in [5.41, 5.74) is 0.350. The first-order valence-corrected chi connectivity index (χ1v) is 18.1. The Hall–Kier alpha value is -6.37. The van der Waals surface area contributed by atoms with E-state index in [1.807, 2.05) is 0 Å². The number of carboxylic acids is 1. The Bertz CT molecular complexity index is 2170. The molecule has 2 fully saturated rings. The number of carboxylic acid groups (broad SMARTS) is 1. The minimum Gasteiger partial charge on any atom is -0.508 e. The fourth-order valence-electron chi connectivity index (χ4n) is 6.29. The first-order chi connectivity index (χ1) is 28.9. The van der Waals surface area contributed by atoms with Crippen molar-refractivity contribution in [2.75, 3.05) is 13.2 Å². The van der Waals surface area contributed by atoms with Gasteiger partial charge in [-0.25, -0.2) is 4.79 Å². The quantitative estimate of drug-likeness (QED) is 0.0423. The highest BCUT2D eigenvalue weighted by molar-refractivity contribution is 5.90. The van der Waals surface area contributed by atoms with Crippen LogP contribution in [0, 0.1) is 0 Å². The molecule has 3 heterocycles. The van der Waals surface area contributed by atoms with Gasteiger partial charge >= 0.3 is 17.9 Å². The molecule has 0 amide bonds. The molecule has 0 spiro atoms. The number of aliphatic hydroxyl groups is 6. The van der Waals surface area contributed by atoms with Gasteiger partial charge < -0.3 is 94.4 Å². The molecule has 0 saturated carbocycles. The highest BCUT2D eigenvalue weighted by Gasteiger charge is 2.48. The van der Waals surface area contributed by atoms with Crippen molar-refractivity contribution in [3.8, 4) is 40.2 Å². The zero-order valence-electron chi connectivity index (χ0n) is 31.3. The molecule has 3 aromatic carbocycles. The minimum absolute atomic E-state index is 0.0713. The third kappa shape index (κ3) is 10.2. The van der Waals surface area contributed by atoms with Gasteiger partial charge in [0.15, 0.2) is 29.1 Å². The van der Waals surface area contributed by atoms with Gasteiger partial charge in [0, 0.05) is 23.8 Å². The second kappa shape index (κ2) is 18.5. The van der Waals surface area contributed by atoms with Crippen molar-refractivity contribution in [1.29, 1.82) is 0 Å². The standard InChI is InChI=1S/C39H40O22/c40-17-9-23-18(24(10-17)58-38-35(53)33(51)32(50)27(60-38)14-56-30(48)12-28(45)46)11-25(37(57-23)16-3-5-20(42)22(44)8-16)59-39-36(54)34(52)31(49)26(61-39)13-55-29(47)6-2-15-1-4-19(41)21(43)7-15/h1-11,26-27,31-44,49-54H,12-14H2,(H,45,46)/b6-2+/t26-,27-,31-,32-,33+,34+,35-,36-,37?,38-,39-/m1/s1. The third-order valence-corrected chi connectivity index (χ3v) is 9.52. The summed E-state index contributed by atoms with van der Waals surface area (Å²) in [5, 5.41) is 123. The lowest BCUT2D eigenvalue weighted by Gasteiger charge is -2.41. The van der Waals surface area contributed by atoms with Crippen molar-refractivity contribution in [1.82, 2.24) is 0 Å². The van der Waals surface area contributed by atoms with Crippen LogP contribution in [-0.4, -0.2) is 154 Å². The molecule has 0 aliphatic carbocycles. The molecule has 3 aliphatic heterocycles. The van der Waals surface area contributed by atoms with Crippen molar-refractivity contribution in [2.24, 2.45) is 0 Å². The highest BCUT2D eigenvalue weighted by atomic mass is 16.7. The molecule has 0 radical (unpaired) electrons. The molecule has 12 N–H and O–H groups in total. The first kappa shape index (κ1) is 44.2. The van der Waals surface area contributed by atoms with E-state index in [-0.39, 0.29) is 34.1 Å². The lowest BCUT2D eigenvalue weighted by Crippen LogP contribution is -2.60. The van der Waals surface area contributed by atoms with Crippen molar-refractivity contribution < 1.29 is 109 Å². The van der Waals surface area contributed by atoms with Crippen molar-refractivity contribution >= 4 is 30.1 Å². The largest absolute Gasteiger partial charge is 0.508 e. The second-order valence-electron chi connectivity index (χ2n) is 13.9. The van der Waals surface area contributed by atoms with E-state index in [0.29, 0.717) is 5.56 Å². The van der Waals surface area contributed by atoms with E-state index < -0.39 is 128 Å². The summed E-state index contributed by atoms with van der Waals surface area (Å²) in [5.74, 6) is -6.82. The number of aliphatic carboxylic acids is 1. The predicted molar refractivity (Wildman–Crippen MR) is 197 cm³/mol. The number of carbonyl (C=O) groups excluding carboxylic acids is 2. The van der Waals surface area contributed by atoms with E-state index in [1.54, 1.807) is 0 Å². The molecule has 3 aromatic rings. The van der Waals surface area contributed by atoms with E-state index in [2.05, 4.69) is 0 Å². The number of carbonyl (C=O) groups is 3. The van der Waals surface area contributed by atoms with Crippen molar-refractivity contribution in [3.05, 3.63) is 77.1 Å². The number of ether oxygens (including phenoxy) is 7. The van der Waals surface area contributed by atoms with Crippen LogP contribution in [-0.2, 0) is 38.1 Å². The SMILES string of the molecule is O=C(O)CC(=O)OC[C@H]1O[C@@H](Oc2cc(O)cc3c2C=C(O[C@@H]2O[C@H](COC(=O)/C=C/c4ccc(O)c(O)c4)[C@@H](O)[C@H](O)[C@H]2O)C(c2ccc(O)c(O)c2)O3)[C@H](O)[C@@H](O)[C@@H]1O. The maximum atomic E-state index is 12.5. The molecule has 1 unspecified atom stereocenters. The summed E-state index contributed by atoms with van der Waals surface area (Å²) in [7, 11) is 0. The average molecular weight is 861 g/mol. The van der Waals surface area contributed by atoms with Gasteiger partial charge in [-0.2, -0.15) is 0 Å². The van der Waals surface area contributed by atoms with Crippen molar-refractivity contribution in [2.45, 2.75) is 73.9 Å². The first-order valence-electron chi connectivity index (χ1n) is 18.1. The number of aromatic hydroxyl groups is 5. The molecule has 3 aliphatic rings. The Morgan fingerprint density at radius 1 is 0.656 bits per heavy atom. The second-order valence-corrected chi connectivity index (χ2v) is 13.9. The molecule has 328 valence electrons. The van der Waals surface area contributed by atoms with Gasteiger partial charge in [-0.3, -0.25) is 9.59 Å². The van der Waals surface area contributed by atoms with Gasteiger partial charge in [0.05, 0.1) is 5.56 Å². The summed E-state index contributed by atoms with van der Waals surface area (Å²) < 4.78 is 39.3. The molecular weight excluding hydrogens is 820 g/mol. The predicted octanol–water partition coefficient (Wildman–Crippen LogP) is -1.03. The van der Waals surface area contributed by atoms with E-state index in [0.717, 1.165) is 30.3 Å². The van der Waals surface area contributed by atoms with Crippen LogP contribution >= 0.6 is 0 Å². The smallest absolute Gasteiger partial charge is 0.330 e. The lowest BCUT2D eigenvalue weighted by atomic mass is 9.98. The summed E-state index contributed by atoms with van der Waals surface area (Å²) in [6.45, 7) is -1.46. The van der Waals surface area contributed by atoms with Crippen LogP contribution in [0.15, 0.2) is 60.4 Å². The van der Waals surface area contributed by atoms with E-state index in [1.165, 1.54) is 36.4 Å². The highest BCUT2D eigenvalue weighted by Crippen LogP contribution is 2.46. The van der Waals surface area contributed by atoms with E-state index in [9.17, 15) is 70.6 Å². The van der Waals surface area contributed by atoms with Gasteiger partial charge in [-0.15, -0.1) is 0 Å². The average Bonchev–Trinajstić information content (AvgIpc) is 3.21. The summed E-state index contributed by atoms with van der Waals surface area (Å²) >= 11 is 0. The number of rotatable bonds is 13. The fraction of sp³-hybridized carbons (Fsp3) is 0.359. The van der Waals surface area contributed by atoms with Crippen molar-refractivity contribution in [3.63, 3.8) is 0 Å². The van der Waals surface area contributed by atoms with E-state index >= 15 is 0 Å². The molecular formula is C39H40O22. The molecule has 2 saturated heterocycles. The van der Waals surface area contributed by atoms with Crippen LogP contribution < -0.4 is 9.47 Å². The summed E-state index contributed by atoms with van der Waals surface area (Å²) in [6.07, 6.45) is -17.3. The lowest BCUT2D eigenvalue weighted by molar-refractivity contribution is -0.294. The van der Waals surface area contributed by atoms with E-state index in [4.69, 9.17) is 38.3 Å². The fourth-order valence-corrected chi connectivity index (χ4v) is 6.29. The zero-order chi connectivity index (χ0) is 44.3. The Morgan fingerprint density at radius 3 is 1.85 bits per heavy atom. The molecule has 61 heavy (non-hydrogen) atoms. The molecule has 0 aromatic heterocycles. The van der Waals surface area contributed by atoms with Crippen LogP contribution in [0.25, 0.3) is 12.2 Å². The Kier molecular flexibility index (Phi) is 13.4. The Labute approximate surface area is 343 Å². The number of esters is 2. The van der Waals surface area contributed by atoms with Gasteiger partial charge in [0.25, 0.3) is 0 Å². The minimum atomic E-state index is -1.98. The number of benzene rings is 3. The molecule has 11 atom stereocenters. The molecule has 22 nitrogen and oxygen atoms in total. The molecule has 6 rings (SSSR count). The Balaban J connectivity index is 1.26. The maximum absolute atomic E-state index is 12.5.